The molecule has 0 spiro atoms. The van der Waals surface area contributed by atoms with E-state index in [-0.39, 0.29) is 27.7 Å². The van der Waals surface area contributed by atoms with Gasteiger partial charge >= 0.3 is 5.97 Å². The summed E-state index contributed by atoms with van der Waals surface area (Å²) in [7, 11) is 1.37. The van der Waals surface area contributed by atoms with Crippen LogP contribution in [0.5, 0.6) is 5.75 Å². The molecular weight excluding hydrogens is 263 g/mol. The summed E-state index contributed by atoms with van der Waals surface area (Å²) >= 11 is 5.87. The zero-order valence-corrected chi connectivity index (χ0v) is 9.95. The van der Waals surface area contributed by atoms with E-state index in [0.717, 1.165) is 6.07 Å². The van der Waals surface area contributed by atoms with Crippen LogP contribution >= 0.6 is 11.6 Å². The number of carboxylic acids is 1. The third-order valence-electron chi connectivity index (χ3n) is 2.33. The maximum absolute atomic E-state index is 13.8. The second-order valence-corrected chi connectivity index (χ2v) is 3.85. The van der Waals surface area contributed by atoms with Gasteiger partial charge in [0.05, 0.1) is 17.8 Å². The predicted octanol–water partition coefficient (Wildman–Crippen LogP) is 2.58. The molecule has 0 aliphatic heterocycles. The lowest BCUT2D eigenvalue weighted by Gasteiger charge is -2.05. The van der Waals surface area contributed by atoms with E-state index in [4.69, 9.17) is 21.4 Å². The van der Waals surface area contributed by atoms with Gasteiger partial charge in [0.2, 0.25) is 0 Å². The van der Waals surface area contributed by atoms with Crippen LogP contribution in [0, 0.1) is 5.82 Å². The molecule has 0 unspecified atom stereocenters. The van der Waals surface area contributed by atoms with Gasteiger partial charge in [-0.2, -0.15) is 5.10 Å². The summed E-state index contributed by atoms with van der Waals surface area (Å²) in [4.78, 5) is 10.7. The number of rotatable bonds is 3. The van der Waals surface area contributed by atoms with Gasteiger partial charge < -0.3 is 9.84 Å². The summed E-state index contributed by atoms with van der Waals surface area (Å²) in [5.41, 5.74) is 0.135. The molecular formula is C11H8ClFN2O3. The van der Waals surface area contributed by atoms with E-state index in [1.807, 2.05) is 0 Å². The number of aromatic carboxylic acids is 1. The fourth-order valence-corrected chi connectivity index (χ4v) is 1.69. The highest BCUT2D eigenvalue weighted by atomic mass is 35.5. The average molecular weight is 271 g/mol. The first-order valence-corrected chi connectivity index (χ1v) is 5.23. The largest absolute Gasteiger partial charge is 0.495 e. The van der Waals surface area contributed by atoms with Crippen molar-refractivity contribution in [3.63, 3.8) is 0 Å². The zero-order chi connectivity index (χ0) is 13.3. The number of hydrogen-bond donors (Lipinski definition) is 2. The molecule has 2 rings (SSSR count). The van der Waals surface area contributed by atoms with Gasteiger partial charge in [0.25, 0.3) is 0 Å². The number of benzene rings is 1. The number of hydrogen-bond acceptors (Lipinski definition) is 3. The smallest absolute Gasteiger partial charge is 0.353 e. The topological polar surface area (TPSA) is 75.2 Å². The second-order valence-electron chi connectivity index (χ2n) is 3.44. The molecule has 1 aromatic heterocycles. The fraction of sp³-hybridized carbons (Fsp3) is 0.0909. The Kier molecular flexibility index (Phi) is 3.20. The molecule has 2 aromatic rings. The van der Waals surface area contributed by atoms with Crippen molar-refractivity contribution in [2.24, 2.45) is 0 Å². The number of halogens is 2. The van der Waals surface area contributed by atoms with Crippen LogP contribution < -0.4 is 4.74 Å². The van der Waals surface area contributed by atoms with Gasteiger partial charge in [0.1, 0.15) is 17.3 Å². The summed E-state index contributed by atoms with van der Waals surface area (Å²) in [6.07, 6.45) is 0. The van der Waals surface area contributed by atoms with Gasteiger partial charge in [-0.1, -0.05) is 11.6 Å². The van der Waals surface area contributed by atoms with E-state index < -0.39 is 11.8 Å². The summed E-state index contributed by atoms with van der Waals surface area (Å²) in [6, 6.07) is 3.67. The molecule has 0 fully saturated rings. The van der Waals surface area contributed by atoms with Crippen LogP contribution in [0.2, 0.25) is 5.02 Å². The Morgan fingerprint density at radius 3 is 2.78 bits per heavy atom. The number of aromatic nitrogens is 2. The molecule has 5 nitrogen and oxygen atoms in total. The highest BCUT2D eigenvalue weighted by molar-refractivity contribution is 6.32. The Bertz CT molecular complexity index is 612. The summed E-state index contributed by atoms with van der Waals surface area (Å²) < 4.78 is 18.6. The summed E-state index contributed by atoms with van der Waals surface area (Å²) in [6.45, 7) is 0. The van der Waals surface area contributed by atoms with Crippen LogP contribution in [0.3, 0.4) is 0 Å². The molecule has 0 radical (unpaired) electrons. The minimum Gasteiger partial charge on any atom is -0.495 e. The van der Waals surface area contributed by atoms with Crippen molar-refractivity contribution in [1.29, 1.82) is 0 Å². The maximum atomic E-state index is 13.8. The van der Waals surface area contributed by atoms with Crippen molar-refractivity contribution in [2.45, 2.75) is 0 Å². The highest BCUT2D eigenvalue weighted by Gasteiger charge is 2.15. The molecule has 7 heteroatoms. The number of carboxylic acid groups (broad SMARTS) is 1. The third kappa shape index (κ3) is 2.14. The normalized spacial score (nSPS) is 10.4. The van der Waals surface area contributed by atoms with Gasteiger partial charge in [0.15, 0.2) is 0 Å². The lowest BCUT2D eigenvalue weighted by Crippen LogP contribution is -1.95. The molecule has 0 atom stereocenters. The van der Waals surface area contributed by atoms with Gasteiger partial charge in [0, 0.05) is 11.6 Å². The van der Waals surface area contributed by atoms with E-state index in [9.17, 15) is 9.18 Å². The van der Waals surface area contributed by atoms with Crippen LogP contribution in [0.4, 0.5) is 4.39 Å². The van der Waals surface area contributed by atoms with Crippen LogP contribution in [-0.2, 0) is 0 Å². The van der Waals surface area contributed by atoms with Crippen molar-refractivity contribution >= 4 is 17.6 Å². The monoisotopic (exact) mass is 270 g/mol. The Hall–Kier alpha value is -2.08. The minimum atomic E-state index is -1.17. The standard InChI is InChI=1S/C11H8ClFN2O3/c1-18-10-3-7(13)5(2-6(10)12)8-4-9(11(16)17)15-14-8/h2-4H,1H3,(H,14,15)(H,16,17). The van der Waals surface area contributed by atoms with Crippen molar-refractivity contribution < 1.29 is 19.0 Å². The van der Waals surface area contributed by atoms with Crippen LogP contribution in [0.1, 0.15) is 10.5 Å². The van der Waals surface area contributed by atoms with Crippen molar-refractivity contribution in [2.75, 3.05) is 7.11 Å². The van der Waals surface area contributed by atoms with Crippen molar-refractivity contribution in [1.82, 2.24) is 10.2 Å². The first-order chi connectivity index (χ1) is 8.52. The predicted molar refractivity (Wildman–Crippen MR) is 62.5 cm³/mol. The van der Waals surface area contributed by atoms with E-state index in [1.54, 1.807) is 0 Å². The first kappa shape index (κ1) is 12.4. The highest BCUT2D eigenvalue weighted by Crippen LogP contribution is 2.32. The van der Waals surface area contributed by atoms with Crippen molar-refractivity contribution in [3.05, 3.63) is 34.7 Å². The number of ether oxygens (including phenoxy) is 1. The first-order valence-electron chi connectivity index (χ1n) is 4.85. The molecule has 0 bridgehead atoms. The molecule has 0 aliphatic rings. The molecule has 2 N–H and O–H groups in total. The Balaban J connectivity index is 2.50. The summed E-state index contributed by atoms with van der Waals surface area (Å²) in [5.74, 6) is -1.57. The average Bonchev–Trinajstić information content (AvgIpc) is 2.81. The Morgan fingerprint density at radius 2 is 2.22 bits per heavy atom. The Morgan fingerprint density at radius 1 is 1.50 bits per heavy atom. The molecule has 0 aliphatic carbocycles. The molecule has 18 heavy (non-hydrogen) atoms. The lowest BCUT2D eigenvalue weighted by molar-refractivity contribution is 0.0690. The number of carbonyl (C=O) groups is 1. The number of H-pyrrole nitrogens is 1. The second kappa shape index (κ2) is 4.66. The molecule has 0 saturated carbocycles. The van der Waals surface area contributed by atoms with Gasteiger partial charge in [-0.15, -0.1) is 0 Å². The molecule has 0 amide bonds. The summed E-state index contributed by atoms with van der Waals surface area (Å²) in [5, 5.41) is 15.0. The number of nitrogens with zero attached hydrogens (tertiary/aromatic N) is 1. The third-order valence-corrected chi connectivity index (χ3v) is 2.62. The maximum Gasteiger partial charge on any atom is 0.353 e. The molecule has 94 valence electrons. The molecule has 1 heterocycles. The number of methoxy groups -OCH3 is 1. The van der Waals surface area contributed by atoms with Crippen LogP contribution in [0.15, 0.2) is 18.2 Å². The van der Waals surface area contributed by atoms with Gasteiger partial charge in [-0.05, 0) is 12.1 Å². The fourth-order valence-electron chi connectivity index (χ4n) is 1.45. The van der Waals surface area contributed by atoms with Crippen LogP contribution in [0.25, 0.3) is 11.3 Å². The Labute approximate surface area is 106 Å². The zero-order valence-electron chi connectivity index (χ0n) is 9.20. The van der Waals surface area contributed by atoms with Crippen LogP contribution in [-0.4, -0.2) is 28.4 Å². The number of aromatic amines is 1. The van der Waals surface area contributed by atoms with Gasteiger partial charge in [-0.3, -0.25) is 5.10 Å². The molecule has 1 aromatic carbocycles. The van der Waals surface area contributed by atoms with E-state index in [2.05, 4.69) is 10.2 Å². The number of nitrogens with one attached hydrogen (secondary N) is 1. The van der Waals surface area contributed by atoms with Crippen molar-refractivity contribution in [3.8, 4) is 17.0 Å². The quantitative estimate of drug-likeness (QED) is 0.899. The SMILES string of the molecule is COc1cc(F)c(-c2cc(C(=O)O)[nH]n2)cc1Cl. The van der Waals surface area contributed by atoms with E-state index >= 15 is 0 Å². The van der Waals surface area contributed by atoms with E-state index in [0.29, 0.717) is 0 Å². The minimum absolute atomic E-state index is 0.101. The lowest BCUT2D eigenvalue weighted by atomic mass is 10.1. The van der Waals surface area contributed by atoms with E-state index in [1.165, 1.54) is 19.2 Å². The molecule has 0 saturated heterocycles. The van der Waals surface area contributed by atoms with Gasteiger partial charge in [-0.25, -0.2) is 9.18 Å².